The van der Waals surface area contributed by atoms with Gasteiger partial charge in [-0.3, -0.25) is 15.1 Å². The summed E-state index contributed by atoms with van der Waals surface area (Å²) in [4.78, 5) is 16.2. The molecule has 0 saturated heterocycles. The molecular formula is C16H12N6O2S. The van der Waals surface area contributed by atoms with Crippen LogP contribution in [0.3, 0.4) is 0 Å². The summed E-state index contributed by atoms with van der Waals surface area (Å²) in [7, 11) is 0. The monoisotopic (exact) mass is 352 g/mol. The highest BCUT2D eigenvalue weighted by molar-refractivity contribution is 7.99. The first-order valence-corrected chi connectivity index (χ1v) is 8.38. The second kappa shape index (κ2) is 6.73. The summed E-state index contributed by atoms with van der Waals surface area (Å²) in [5.41, 5.74) is 2.06. The third-order valence-corrected chi connectivity index (χ3v) is 4.20. The van der Waals surface area contributed by atoms with Crippen LogP contribution in [0.1, 0.15) is 0 Å². The second-order valence-electron chi connectivity index (χ2n) is 5.00. The topological polar surface area (TPSA) is 98.2 Å². The Kier molecular flexibility index (Phi) is 4.13. The van der Waals surface area contributed by atoms with E-state index in [0.29, 0.717) is 22.4 Å². The number of nitrogens with one attached hydrogen (secondary N) is 1. The molecule has 1 amide bonds. The van der Waals surface area contributed by atoms with Gasteiger partial charge in [0.2, 0.25) is 11.1 Å². The molecule has 0 atom stereocenters. The average Bonchev–Trinajstić information content (AvgIpc) is 3.30. The minimum atomic E-state index is -0.197. The van der Waals surface area contributed by atoms with Crippen LogP contribution >= 0.6 is 11.8 Å². The van der Waals surface area contributed by atoms with Gasteiger partial charge in [0.1, 0.15) is 5.69 Å². The molecule has 0 fully saturated rings. The van der Waals surface area contributed by atoms with Crippen LogP contribution in [0.5, 0.6) is 0 Å². The van der Waals surface area contributed by atoms with Crippen LogP contribution in [0.15, 0.2) is 64.5 Å². The van der Waals surface area contributed by atoms with Gasteiger partial charge in [-0.15, -0.1) is 10.2 Å². The Hall–Kier alpha value is -3.20. The molecule has 25 heavy (non-hydrogen) atoms. The average molecular weight is 352 g/mol. The molecule has 9 heteroatoms. The number of pyridine rings is 1. The van der Waals surface area contributed by atoms with E-state index in [1.807, 2.05) is 30.3 Å². The molecule has 4 rings (SSSR count). The van der Waals surface area contributed by atoms with Crippen molar-refractivity contribution in [2.75, 3.05) is 11.1 Å². The van der Waals surface area contributed by atoms with Gasteiger partial charge in [-0.05, 0) is 30.3 Å². The van der Waals surface area contributed by atoms with Crippen molar-refractivity contribution in [2.24, 2.45) is 0 Å². The normalized spacial score (nSPS) is 10.9. The zero-order chi connectivity index (χ0) is 17.1. The van der Waals surface area contributed by atoms with Crippen molar-refractivity contribution in [3.63, 3.8) is 0 Å². The Balaban J connectivity index is 1.52. The summed E-state index contributed by atoms with van der Waals surface area (Å²) in [5.74, 6) is 0.376. The van der Waals surface area contributed by atoms with Crippen molar-refractivity contribution in [3.8, 4) is 11.4 Å². The summed E-state index contributed by atoms with van der Waals surface area (Å²) in [6, 6.07) is 12.7. The Morgan fingerprint density at radius 1 is 1.12 bits per heavy atom. The fraction of sp³-hybridized carbons (Fsp3) is 0.0625. The molecule has 4 aromatic heterocycles. The van der Waals surface area contributed by atoms with Gasteiger partial charge in [-0.1, -0.05) is 17.8 Å². The van der Waals surface area contributed by atoms with E-state index in [9.17, 15) is 4.79 Å². The Labute approximate surface area is 146 Å². The molecule has 0 aliphatic heterocycles. The second-order valence-corrected chi connectivity index (χ2v) is 5.94. The van der Waals surface area contributed by atoms with E-state index in [1.54, 1.807) is 22.8 Å². The van der Waals surface area contributed by atoms with Gasteiger partial charge in [0.05, 0.1) is 17.7 Å². The quantitative estimate of drug-likeness (QED) is 0.551. The number of furan rings is 1. The van der Waals surface area contributed by atoms with Crippen LogP contribution in [0.2, 0.25) is 0 Å². The molecular weight excluding hydrogens is 340 g/mol. The van der Waals surface area contributed by atoms with Gasteiger partial charge in [-0.25, -0.2) is 0 Å². The number of aromatic nitrogens is 5. The van der Waals surface area contributed by atoms with E-state index in [4.69, 9.17) is 4.42 Å². The van der Waals surface area contributed by atoms with E-state index >= 15 is 0 Å². The maximum absolute atomic E-state index is 12.0. The zero-order valence-electron chi connectivity index (χ0n) is 12.9. The van der Waals surface area contributed by atoms with Crippen molar-refractivity contribution < 1.29 is 9.21 Å². The molecule has 0 aromatic carbocycles. The van der Waals surface area contributed by atoms with Crippen LogP contribution in [0, 0.1) is 0 Å². The fourth-order valence-electron chi connectivity index (χ4n) is 2.16. The van der Waals surface area contributed by atoms with Crippen LogP contribution in [0.4, 0.5) is 5.88 Å². The first kappa shape index (κ1) is 15.3. The van der Waals surface area contributed by atoms with E-state index in [1.165, 1.54) is 18.0 Å². The lowest BCUT2D eigenvalue weighted by Gasteiger charge is -2.03. The lowest BCUT2D eigenvalue weighted by Crippen LogP contribution is -2.13. The van der Waals surface area contributed by atoms with E-state index < -0.39 is 0 Å². The number of hydrogen-bond donors (Lipinski definition) is 1. The Morgan fingerprint density at radius 2 is 2.08 bits per heavy atom. The summed E-state index contributed by atoms with van der Waals surface area (Å²) < 4.78 is 6.69. The maximum atomic E-state index is 12.0. The first-order chi connectivity index (χ1) is 12.3. The number of amides is 1. The Morgan fingerprint density at radius 3 is 2.88 bits per heavy atom. The molecule has 1 N–H and O–H groups in total. The number of nitrogens with zero attached hydrogens (tertiary/aromatic N) is 5. The molecule has 8 nitrogen and oxygen atoms in total. The lowest BCUT2D eigenvalue weighted by molar-refractivity contribution is -0.113. The highest BCUT2D eigenvalue weighted by Gasteiger charge is 2.12. The van der Waals surface area contributed by atoms with Crippen LogP contribution in [-0.2, 0) is 4.79 Å². The zero-order valence-corrected chi connectivity index (χ0v) is 13.7. The predicted octanol–water partition coefficient (Wildman–Crippen LogP) is 2.51. The maximum Gasteiger partial charge on any atom is 0.237 e. The largest absolute Gasteiger partial charge is 0.449 e. The summed E-state index contributed by atoms with van der Waals surface area (Å²) >= 11 is 1.24. The SMILES string of the molecule is O=C(CSc1nnc2ccc(-c3ccccn3)nn12)Nc1ccco1. The summed E-state index contributed by atoms with van der Waals surface area (Å²) in [6.45, 7) is 0. The number of fused-ring (bicyclic) bond motifs is 1. The number of anilines is 1. The van der Waals surface area contributed by atoms with Crippen LogP contribution < -0.4 is 5.32 Å². The molecule has 0 bridgehead atoms. The number of hydrogen-bond acceptors (Lipinski definition) is 7. The molecule has 4 heterocycles. The van der Waals surface area contributed by atoms with Crippen molar-refractivity contribution in [1.82, 2.24) is 24.8 Å². The number of thioether (sulfide) groups is 1. The third-order valence-electron chi connectivity index (χ3n) is 3.28. The minimum Gasteiger partial charge on any atom is -0.449 e. The van der Waals surface area contributed by atoms with Crippen molar-refractivity contribution >= 4 is 29.2 Å². The van der Waals surface area contributed by atoms with Gasteiger partial charge < -0.3 is 4.42 Å². The molecule has 0 saturated carbocycles. The minimum absolute atomic E-state index is 0.164. The van der Waals surface area contributed by atoms with Gasteiger partial charge in [0, 0.05) is 12.3 Å². The smallest absolute Gasteiger partial charge is 0.237 e. The summed E-state index contributed by atoms with van der Waals surface area (Å²) in [5, 5.41) is 15.9. The van der Waals surface area contributed by atoms with Crippen molar-refractivity contribution in [3.05, 3.63) is 54.9 Å². The molecule has 0 aliphatic rings. The molecule has 0 radical (unpaired) electrons. The molecule has 4 aromatic rings. The van der Waals surface area contributed by atoms with Crippen LogP contribution in [0.25, 0.3) is 17.0 Å². The lowest BCUT2D eigenvalue weighted by atomic mass is 10.2. The summed E-state index contributed by atoms with van der Waals surface area (Å²) in [6.07, 6.45) is 3.21. The number of rotatable bonds is 5. The van der Waals surface area contributed by atoms with Crippen LogP contribution in [-0.4, -0.2) is 36.5 Å². The van der Waals surface area contributed by atoms with Gasteiger partial charge >= 0.3 is 0 Å². The molecule has 0 unspecified atom stereocenters. The molecule has 124 valence electrons. The first-order valence-electron chi connectivity index (χ1n) is 7.39. The highest BCUT2D eigenvalue weighted by Crippen LogP contribution is 2.19. The molecule has 0 spiro atoms. The van der Waals surface area contributed by atoms with E-state index in [0.717, 1.165) is 5.69 Å². The van der Waals surface area contributed by atoms with Crippen molar-refractivity contribution in [2.45, 2.75) is 5.16 Å². The van der Waals surface area contributed by atoms with Gasteiger partial charge in [0.25, 0.3) is 0 Å². The molecule has 0 aliphatic carbocycles. The van der Waals surface area contributed by atoms with E-state index in [-0.39, 0.29) is 11.7 Å². The fourth-order valence-corrected chi connectivity index (χ4v) is 2.85. The van der Waals surface area contributed by atoms with Crippen molar-refractivity contribution in [1.29, 1.82) is 0 Å². The number of carbonyl (C=O) groups excluding carboxylic acids is 1. The number of carbonyl (C=O) groups is 1. The highest BCUT2D eigenvalue weighted by atomic mass is 32.2. The van der Waals surface area contributed by atoms with Gasteiger partial charge in [-0.2, -0.15) is 9.61 Å². The van der Waals surface area contributed by atoms with Gasteiger partial charge in [0.15, 0.2) is 11.5 Å². The third kappa shape index (κ3) is 3.36. The standard InChI is InChI=1S/C16H12N6O2S/c23-14(18-15-5-3-9-24-15)10-25-16-20-19-13-7-6-12(21-22(13)16)11-4-1-2-8-17-11/h1-9H,10H2,(H,18,23). The predicted molar refractivity (Wildman–Crippen MR) is 92.1 cm³/mol. The Bertz CT molecular complexity index is 1000. The van der Waals surface area contributed by atoms with E-state index in [2.05, 4.69) is 25.6 Å².